The van der Waals surface area contributed by atoms with Crippen molar-refractivity contribution < 1.29 is 0 Å². The van der Waals surface area contributed by atoms with E-state index >= 15 is 0 Å². The number of nitrogens with zero attached hydrogens (tertiary/aromatic N) is 1. The van der Waals surface area contributed by atoms with Crippen LogP contribution in [0.5, 0.6) is 0 Å². The zero-order valence-electron chi connectivity index (χ0n) is 12.5. The second-order valence-electron chi connectivity index (χ2n) is 5.06. The highest BCUT2D eigenvalue weighted by Crippen LogP contribution is 2.19. The van der Waals surface area contributed by atoms with Crippen LogP contribution in [0, 0.1) is 0 Å². The van der Waals surface area contributed by atoms with E-state index in [2.05, 4.69) is 51.3 Å². The Balaban J connectivity index is 1.62. The molecule has 0 radical (unpaired) electrons. The number of hydrogen-bond donors (Lipinski definition) is 2. The van der Waals surface area contributed by atoms with Gasteiger partial charge in [-0.1, -0.05) is 42.5 Å². The van der Waals surface area contributed by atoms with Crippen LogP contribution in [0.25, 0.3) is 0 Å². The largest absolute Gasteiger partial charge is 0.358 e. The van der Waals surface area contributed by atoms with Crippen LogP contribution in [0.2, 0.25) is 0 Å². The van der Waals surface area contributed by atoms with Crippen LogP contribution in [-0.4, -0.2) is 10.1 Å². The van der Waals surface area contributed by atoms with Gasteiger partial charge in [0, 0.05) is 29.6 Å². The minimum absolute atomic E-state index is 0.583. The van der Waals surface area contributed by atoms with Gasteiger partial charge in [-0.15, -0.1) is 11.3 Å². The average Bonchev–Trinajstić information content (AvgIpc) is 3.09. The highest BCUT2D eigenvalue weighted by atomic mass is 32.1. The Labute approximate surface area is 145 Å². The van der Waals surface area contributed by atoms with Gasteiger partial charge in [0.2, 0.25) is 0 Å². The van der Waals surface area contributed by atoms with E-state index in [0.717, 1.165) is 17.8 Å². The number of thiocarbonyl (C=S) groups is 1. The van der Waals surface area contributed by atoms with E-state index in [1.54, 1.807) is 17.5 Å². The van der Waals surface area contributed by atoms with Gasteiger partial charge in [-0.3, -0.25) is 0 Å². The lowest BCUT2D eigenvalue weighted by molar-refractivity contribution is 0.924. The Morgan fingerprint density at radius 1 is 1.04 bits per heavy atom. The van der Waals surface area contributed by atoms with Crippen molar-refractivity contribution in [3.8, 4) is 0 Å². The summed E-state index contributed by atoms with van der Waals surface area (Å²) in [5, 5.41) is 9.09. The topological polar surface area (TPSA) is 37.0 Å². The third-order valence-electron chi connectivity index (χ3n) is 3.36. The highest BCUT2D eigenvalue weighted by molar-refractivity contribution is 7.80. The Hall–Kier alpha value is -2.24. The van der Waals surface area contributed by atoms with Crippen molar-refractivity contribution in [2.24, 2.45) is 0 Å². The first-order chi connectivity index (χ1) is 11.3. The lowest BCUT2D eigenvalue weighted by Gasteiger charge is -2.13. The van der Waals surface area contributed by atoms with Crippen LogP contribution in [0.4, 0.5) is 5.82 Å². The number of rotatable bonds is 5. The smallest absolute Gasteiger partial charge is 0.172 e. The Bertz CT molecular complexity index is 755. The normalized spacial score (nSPS) is 10.3. The number of benzene rings is 1. The van der Waals surface area contributed by atoms with Crippen LogP contribution < -0.4 is 10.6 Å². The first-order valence-electron chi connectivity index (χ1n) is 7.36. The fraction of sp³-hybridized carbons (Fsp3) is 0.111. The molecule has 0 fully saturated rings. The van der Waals surface area contributed by atoms with Crippen molar-refractivity contribution in [2.75, 3.05) is 5.32 Å². The molecule has 0 aliphatic rings. The van der Waals surface area contributed by atoms with E-state index < -0.39 is 0 Å². The molecule has 2 heterocycles. The summed E-state index contributed by atoms with van der Waals surface area (Å²) in [6.07, 6.45) is 2.63. The fourth-order valence-corrected chi connectivity index (χ4v) is 3.12. The zero-order chi connectivity index (χ0) is 15.9. The monoisotopic (exact) mass is 339 g/mol. The average molecular weight is 339 g/mol. The lowest BCUT2D eigenvalue weighted by Crippen LogP contribution is -2.28. The maximum Gasteiger partial charge on any atom is 0.172 e. The minimum atomic E-state index is 0.583. The molecule has 0 saturated heterocycles. The van der Waals surface area contributed by atoms with Gasteiger partial charge in [0.05, 0.1) is 0 Å². The summed E-state index contributed by atoms with van der Waals surface area (Å²) in [6, 6.07) is 18.4. The van der Waals surface area contributed by atoms with Gasteiger partial charge in [-0.2, -0.15) is 0 Å². The van der Waals surface area contributed by atoms with Crippen molar-refractivity contribution >= 4 is 34.5 Å². The first-order valence-corrected chi connectivity index (χ1v) is 8.65. The standard InChI is InChI=1S/C18H17N3S2/c22-18(20-13-14-6-2-1-3-7-14)21-17-15(8-4-10-19-17)12-16-9-5-11-23-16/h1-11H,12-13H2,(H2,19,20,21,22). The van der Waals surface area contributed by atoms with Crippen LogP contribution in [0.15, 0.2) is 66.2 Å². The Morgan fingerprint density at radius 2 is 1.91 bits per heavy atom. The lowest BCUT2D eigenvalue weighted by atomic mass is 10.1. The third kappa shape index (κ3) is 4.61. The maximum atomic E-state index is 5.38. The molecule has 0 saturated carbocycles. The van der Waals surface area contributed by atoms with Gasteiger partial charge in [-0.05, 0) is 35.3 Å². The summed E-state index contributed by atoms with van der Waals surface area (Å²) in [5.41, 5.74) is 2.33. The van der Waals surface area contributed by atoms with E-state index in [1.165, 1.54) is 10.4 Å². The Kier molecular flexibility index (Phi) is 5.34. The summed E-state index contributed by atoms with van der Waals surface area (Å²) in [7, 11) is 0. The summed E-state index contributed by atoms with van der Waals surface area (Å²) in [5.74, 6) is 0.812. The number of aromatic nitrogens is 1. The van der Waals surface area contributed by atoms with E-state index in [4.69, 9.17) is 12.2 Å². The molecule has 0 amide bonds. The van der Waals surface area contributed by atoms with Crippen LogP contribution in [0.3, 0.4) is 0 Å². The molecular formula is C18H17N3S2. The predicted molar refractivity (Wildman–Crippen MR) is 101 cm³/mol. The van der Waals surface area contributed by atoms with Gasteiger partial charge in [-0.25, -0.2) is 4.98 Å². The van der Waals surface area contributed by atoms with Gasteiger partial charge in [0.1, 0.15) is 5.82 Å². The van der Waals surface area contributed by atoms with Crippen molar-refractivity contribution in [1.82, 2.24) is 10.3 Å². The zero-order valence-corrected chi connectivity index (χ0v) is 14.2. The second-order valence-corrected chi connectivity index (χ2v) is 6.50. The van der Waals surface area contributed by atoms with Crippen LogP contribution in [-0.2, 0) is 13.0 Å². The van der Waals surface area contributed by atoms with Crippen molar-refractivity contribution in [1.29, 1.82) is 0 Å². The fourth-order valence-electron chi connectivity index (χ4n) is 2.22. The molecule has 3 nitrogen and oxygen atoms in total. The molecule has 0 spiro atoms. The molecule has 3 rings (SSSR count). The summed E-state index contributed by atoms with van der Waals surface area (Å²) < 4.78 is 0. The predicted octanol–water partition coefficient (Wildman–Crippen LogP) is 4.22. The maximum absolute atomic E-state index is 5.38. The summed E-state index contributed by atoms with van der Waals surface area (Å²) >= 11 is 7.13. The molecule has 0 unspecified atom stereocenters. The van der Waals surface area contributed by atoms with E-state index in [1.807, 2.05) is 24.3 Å². The third-order valence-corrected chi connectivity index (χ3v) is 4.49. The number of anilines is 1. The summed E-state index contributed by atoms with van der Waals surface area (Å²) in [6.45, 7) is 0.694. The number of thiophene rings is 1. The molecule has 0 aliphatic carbocycles. The van der Waals surface area contributed by atoms with E-state index in [-0.39, 0.29) is 0 Å². The quantitative estimate of drug-likeness (QED) is 0.683. The van der Waals surface area contributed by atoms with Crippen molar-refractivity contribution in [2.45, 2.75) is 13.0 Å². The molecule has 5 heteroatoms. The van der Waals surface area contributed by atoms with Gasteiger partial charge in [0.15, 0.2) is 5.11 Å². The van der Waals surface area contributed by atoms with Crippen molar-refractivity contribution in [3.05, 3.63) is 82.2 Å². The molecule has 1 aromatic carbocycles. The van der Waals surface area contributed by atoms with Gasteiger partial charge in [0.25, 0.3) is 0 Å². The molecule has 0 bridgehead atoms. The molecule has 2 N–H and O–H groups in total. The van der Waals surface area contributed by atoms with Crippen molar-refractivity contribution in [3.63, 3.8) is 0 Å². The second kappa shape index (κ2) is 7.85. The molecule has 2 aromatic heterocycles. The minimum Gasteiger partial charge on any atom is -0.358 e. The SMILES string of the molecule is S=C(NCc1ccccc1)Nc1ncccc1Cc1cccs1. The highest BCUT2D eigenvalue weighted by Gasteiger charge is 2.07. The number of hydrogen-bond acceptors (Lipinski definition) is 3. The van der Waals surface area contributed by atoms with Gasteiger partial charge >= 0.3 is 0 Å². The first kappa shape index (κ1) is 15.6. The number of nitrogens with one attached hydrogen (secondary N) is 2. The summed E-state index contributed by atoms with van der Waals surface area (Å²) in [4.78, 5) is 5.73. The molecule has 0 aliphatic heterocycles. The van der Waals surface area contributed by atoms with Crippen LogP contribution >= 0.6 is 23.6 Å². The molecule has 3 aromatic rings. The van der Waals surface area contributed by atoms with Crippen LogP contribution in [0.1, 0.15) is 16.0 Å². The van der Waals surface area contributed by atoms with E-state index in [9.17, 15) is 0 Å². The molecule has 0 atom stereocenters. The molecular weight excluding hydrogens is 322 g/mol. The van der Waals surface area contributed by atoms with E-state index in [0.29, 0.717) is 11.7 Å². The van der Waals surface area contributed by atoms with Gasteiger partial charge < -0.3 is 10.6 Å². The number of pyridine rings is 1. The molecule has 116 valence electrons. The Morgan fingerprint density at radius 3 is 2.70 bits per heavy atom. The molecule has 23 heavy (non-hydrogen) atoms.